The van der Waals surface area contributed by atoms with Gasteiger partial charge in [0.25, 0.3) is 5.91 Å². The van der Waals surface area contributed by atoms with Crippen LogP contribution in [-0.4, -0.2) is 29.0 Å². The van der Waals surface area contributed by atoms with E-state index in [1.165, 1.54) is 30.6 Å². The first-order chi connectivity index (χ1) is 14.1. The van der Waals surface area contributed by atoms with Crippen molar-refractivity contribution in [1.29, 1.82) is 0 Å². The van der Waals surface area contributed by atoms with Crippen LogP contribution in [-0.2, 0) is 0 Å². The predicted octanol–water partition coefficient (Wildman–Crippen LogP) is 5.14. The molecular weight excluding hydrogens is 382 g/mol. The first-order valence-corrected chi connectivity index (χ1v) is 10.8. The highest BCUT2D eigenvalue weighted by atomic mass is 32.1. The molecule has 1 amide bonds. The zero-order valence-corrected chi connectivity index (χ0v) is 17.6. The van der Waals surface area contributed by atoms with Crippen molar-refractivity contribution in [3.63, 3.8) is 0 Å². The Kier molecular flexibility index (Phi) is 5.76. The Bertz CT molecular complexity index is 993. The van der Waals surface area contributed by atoms with Crippen LogP contribution >= 0.6 is 11.3 Å². The quantitative estimate of drug-likeness (QED) is 0.613. The molecule has 1 aromatic carbocycles. The lowest BCUT2D eigenvalue weighted by Crippen LogP contribution is -2.31. The number of nitrogens with zero attached hydrogens (tertiary/aromatic N) is 3. The molecule has 2 aromatic heterocycles. The van der Waals surface area contributed by atoms with Gasteiger partial charge < -0.3 is 15.5 Å². The van der Waals surface area contributed by atoms with Gasteiger partial charge in [0, 0.05) is 36.2 Å². The number of aryl methyl sites for hydroxylation is 2. The molecule has 0 radical (unpaired) electrons. The van der Waals surface area contributed by atoms with Crippen LogP contribution in [0.25, 0.3) is 0 Å². The van der Waals surface area contributed by atoms with E-state index in [4.69, 9.17) is 4.98 Å². The Morgan fingerprint density at radius 2 is 1.72 bits per heavy atom. The fourth-order valence-corrected chi connectivity index (χ4v) is 4.17. The minimum Gasteiger partial charge on any atom is -0.341 e. The standard InChI is InChI=1S/C22H25N5OS/c1-15-12-19(29-14-15)21(28)25-18-8-6-17(7-9-18)24-20-13-16(2)23-22(26-20)27-10-4-3-5-11-27/h6-9,12-14H,3-5,10-11H2,1-2H3,(H,25,28)(H,23,24,26). The van der Waals surface area contributed by atoms with Gasteiger partial charge in [0.1, 0.15) is 5.82 Å². The molecule has 6 nitrogen and oxygen atoms in total. The molecule has 1 aliphatic heterocycles. The van der Waals surface area contributed by atoms with E-state index in [1.807, 2.05) is 55.6 Å². The van der Waals surface area contributed by atoms with Crippen molar-refractivity contribution in [3.8, 4) is 0 Å². The van der Waals surface area contributed by atoms with E-state index >= 15 is 0 Å². The first-order valence-electron chi connectivity index (χ1n) is 9.91. The number of hydrogen-bond acceptors (Lipinski definition) is 6. The maximum absolute atomic E-state index is 12.3. The largest absolute Gasteiger partial charge is 0.341 e. The molecule has 0 aliphatic carbocycles. The number of benzene rings is 1. The molecule has 3 aromatic rings. The molecule has 2 N–H and O–H groups in total. The van der Waals surface area contributed by atoms with Crippen LogP contribution in [0, 0.1) is 13.8 Å². The lowest BCUT2D eigenvalue weighted by atomic mass is 10.1. The van der Waals surface area contributed by atoms with Crippen molar-refractivity contribution in [2.75, 3.05) is 28.6 Å². The molecule has 7 heteroatoms. The maximum atomic E-state index is 12.3. The number of carbonyl (C=O) groups excluding carboxylic acids is 1. The number of hydrogen-bond donors (Lipinski definition) is 2. The van der Waals surface area contributed by atoms with Crippen LogP contribution in [0.3, 0.4) is 0 Å². The zero-order chi connectivity index (χ0) is 20.2. The van der Waals surface area contributed by atoms with E-state index < -0.39 is 0 Å². The SMILES string of the molecule is Cc1csc(C(=O)Nc2ccc(Nc3cc(C)nc(N4CCCCC4)n3)cc2)c1. The van der Waals surface area contributed by atoms with Gasteiger partial charge in [0.15, 0.2) is 0 Å². The molecule has 0 saturated carbocycles. The third kappa shape index (κ3) is 4.92. The smallest absolute Gasteiger partial charge is 0.265 e. The molecule has 3 heterocycles. The molecule has 4 rings (SSSR count). The van der Waals surface area contributed by atoms with E-state index in [1.54, 1.807) is 0 Å². The van der Waals surface area contributed by atoms with E-state index in [-0.39, 0.29) is 5.91 Å². The third-order valence-electron chi connectivity index (χ3n) is 4.85. The predicted molar refractivity (Wildman–Crippen MR) is 120 cm³/mol. The summed E-state index contributed by atoms with van der Waals surface area (Å²) in [6, 6.07) is 11.5. The van der Waals surface area contributed by atoms with Gasteiger partial charge >= 0.3 is 0 Å². The van der Waals surface area contributed by atoms with E-state index in [9.17, 15) is 4.79 Å². The van der Waals surface area contributed by atoms with Crippen molar-refractivity contribution < 1.29 is 4.79 Å². The second kappa shape index (κ2) is 8.61. The van der Waals surface area contributed by atoms with E-state index in [2.05, 4.69) is 20.5 Å². The molecule has 0 spiro atoms. The molecule has 0 bridgehead atoms. The Hall–Kier alpha value is -2.93. The summed E-state index contributed by atoms with van der Waals surface area (Å²) in [5.74, 6) is 1.49. The topological polar surface area (TPSA) is 70.2 Å². The summed E-state index contributed by atoms with van der Waals surface area (Å²) in [6.07, 6.45) is 3.67. The summed E-state index contributed by atoms with van der Waals surface area (Å²) in [5, 5.41) is 8.26. The number of aromatic nitrogens is 2. The van der Waals surface area contributed by atoms with Gasteiger partial charge in [-0.25, -0.2) is 4.98 Å². The number of piperidine rings is 1. The Balaban J connectivity index is 1.43. The van der Waals surface area contributed by atoms with Crippen LogP contribution < -0.4 is 15.5 Å². The number of thiophene rings is 1. The highest BCUT2D eigenvalue weighted by Crippen LogP contribution is 2.23. The summed E-state index contributed by atoms with van der Waals surface area (Å²) in [4.78, 5) is 24.6. The average Bonchev–Trinajstić information content (AvgIpc) is 3.16. The fraction of sp³-hybridized carbons (Fsp3) is 0.318. The Morgan fingerprint density at radius 1 is 1.00 bits per heavy atom. The van der Waals surface area contributed by atoms with Crippen molar-refractivity contribution in [2.24, 2.45) is 0 Å². The lowest BCUT2D eigenvalue weighted by Gasteiger charge is -2.27. The molecular formula is C22H25N5OS. The van der Waals surface area contributed by atoms with Gasteiger partial charge in [-0.1, -0.05) is 0 Å². The fourth-order valence-electron chi connectivity index (χ4n) is 3.38. The normalized spacial score (nSPS) is 13.9. The third-order valence-corrected chi connectivity index (χ3v) is 5.90. The van der Waals surface area contributed by atoms with Crippen LogP contribution in [0.15, 0.2) is 41.8 Å². The minimum absolute atomic E-state index is 0.0820. The summed E-state index contributed by atoms with van der Waals surface area (Å²) in [6.45, 7) is 6.01. The molecule has 150 valence electrons. The van der Waals surface area contributed by atoms with Gasteiger partial charge in [-0.3, -0.25) is 4.79 Å². The van der Waals surface area contributed by atoms with Crippen molar-refractivity contribution in [3.05, 3.63) is 57.9 Å². The molecule has 1 saturated heterocycles. The Morgan fingerprint density at radius 3 is 2.41 bits per heavy atom. The minimum atomic E-state index is -0.0820. The molecule has 1 aliphatic rings. The van der Waals surface area contributed by atoms with Gasteiger partial charge in [-0.05, 0) is 74.4 Å². The monoisotopic (exact) mass is 407 g/mol. The van der Waals surface area contributed by atoms with Gasteiger partial charge in [0.05, 0.1) is 4.88 Å². The maximum Gasteiger partial charge on any atom is 0.265 e. The van der Waals surface area contributed by atoms with Gasteiger partial charge in [-0.2, -0.15) is 4.98 Å². The average molecular weight is 408 g/mol. The van der Waals surface area contributed by atoms with Gasteiger partial charge in [0.2, 0.25) is 5.95 Å². The molecule has 0 atom stereocenters. The zero-order valence-electron chi connectivity index (χ0n) is 16.7. The summed E-state index contributed by atoms with van der Waals surface area (Å²) in [7, 11) is 0. The number of nitrogens with one attached hydrogen (secondary N) is 2. The van der Waals surface area contributed by atoms with E-state index in [0.29, 0.717) is 4.88 Å². The van der Waals surface area contributed by atoms with Crippen molar-refractivity contribution in [2.45, 2.75) is 33.1 Å². The second-order valence-corrected chi connectivity index (χ2v) is 8.30. The van der Waals surface area contributed by atoms with Crippen LogP contribution in [0.2, 0.25) is 0 Å². The molecule has 0 unspecified atom stereocenters. The molecule has 1 fully saturated rings. The molecule has 29 heavy (non-hydrogen) atoms. The van der Waals surface area contributed by atoms with Crippen molar-refractivity contribution >= 4 is 40.4 Å². The highest BCUT2D eigenvalue weighted by Gasteiger charge is 2.15. The Labute approximate surface area is 175 Å². The summed E-state index contributed by atoms with van der Waals surface area (Å²) < 4.78 is 0. The highest BCUT2D eigenvalue weighted by molar-refractivity contribution is 7.12. The first kappa shape index (κ1) is 19.4. The summed E-state index contributed by atoms with van der Waals surface area (Å²) in [5.41, 5.74) is 3.72. The van der Waals surface area contributed by atoms with Crippen LogP contribution in [0.1, 0.15) is 40.2 Å². The van der Waals surface area contributed by atoms with Crippen LogP contribution in [0.4, 0.5) is 23.1 Å². The number of carbonyl (C=O) groups is 1. The summed E-state index contributed by atoms with van der Waals surface area (Å²) >= 11 is 1.45. The lowest BCUT2D eigenvalue weighted by molar-refractivity contribution is 0.103. The number of anilines is 4. The van der Waals surface area contributed by atoms with Crippen LogP contribution in [0.5, 0.6) is 0 Å². The van der Waals surface area contributed by atoms with Crippen molar-refractivity contribution in [1.82, 2.24) is 9.97 Å². The number of amides is 1. The van der Waals surface area contributed by atoms with E-state index in [0.717, 1.165) is 47.5 Å². The van der Waals surface area contributed by atoms with Gasteiger partial charge in [-0.15, -0.1) is 11.3 Å². The second-order valence-electron chi connectivity index (χ2n) is 7.39. The number of rotatable bonds is 5.